The van der Waals surface area contributed by atoms with E-state index in [1.807, 2.05) is 24.3 Å². The van der Waals surface area contributed by atoms with E-state index in [4.69, 9.17) is 10.2 Å². The van der Waals surface area contributed by atoms with Crippen LogP contribution in [0, 0.1) is 5.92 Å². The Labute approximate surface area is 155 Å². The molecule has 2 N–H and O–H groups in total. The van der Waals surface area contributed by atoms with Crippen molar-refractivity contribution in [3.05, 3.63) is 70.8 Å². The Hall–Kier alpha value is -2.62. The van der Waals surface area contributed by atoms with Crippen molar-refractivity contribution in [2.45, 2.75) is 46.5 Å². The first-order chi connectivity index (χ1) is 12.0. The van der Waals surface area contributed by atoms with Crippen LogP contribution in [0.4, 0.5) is 0 Å². The largest absolute Gasteiger partial charge is 0.478 e. The maximum Gasteiger partial charge on any atom is 0.335 e. The second-order valence-electron chi connectivity index (χ2n) is 7.73. The lowest BCUT2D eigenvalue weighted by Crippen LogP contribution is -2.11. The molecule has 0 aliphatic rings. The van der Waals surface area contributed by atoms with Gasteiger partial charge in [-0.2, -0.15) is 0 Å². The zero-order chi connectivity index (χ0) is 19.9. The second kappa shape index (κ2) is 9.18. The average Bonchev–Trinajstić information content (AvgIpc) is 2.54. The fraction of sp³-hybridized carbons (Fsp3) is 0.364. The van der Waals surface area contributed by atoms with Gasteiger partial charge in [-0.25, -0.2) is 9.59 Å². The topological polar surface area (TPSA) is 74.6 Å². The van der Waals surface area contributed by atoms with Gasteiger partial charge < -0.3 is 10.2 Å². The summed E-state index contributed by atoms with van der Waals surface area (Å²) in [6.07, 6.45) is 1.000. The molecule has 0 saturated carbocycles. The Kier molecular flexibility index (Phi) is 7.56. The van der Waals surface area contributed by atoms with Crippen molar-refractivity contribution in [1.82, 2.24) is 0 Å². The quantitative estimate of drug-likeness (QED) is 0.783. The van der Waals surface area contributed by atoms with Crippen LogP contribution in [-0.2, 0) is 11.8 Å². The molecule has 0 amide bonds. The fourth-order valence-corrected chi connectivity index (χ4v) is 2.37. The highest BCUT2D eigenvalue weighted by Crippen LogP contribution is 2.22. The fourth-order valence-electron chi connectivity index (χ4n) is 2.37. The van der Waals surface area contributed by atoms with Crippen molar-refractivity contribution in [2.75, 3.05) is 0 Å². The number of benzene rings is 2. The Morgan fingerprint density at radius 2 is 1.19 bits per heavy atom. The predicted molar refractivity (Wildman–Crippen MR) is 104 cm³/mol. The van der Waals surface area contributed by atoms with Gasteiger partial charge in [-0.1, -0.05) is 58.9 Å². The molecule has 2 aromatic rings. The Morgan fingerprint density at radius 3 is 1.50 bits per heavy atom. The molecule has 0 atom stereocenters. The molecule has 2 rings (SSSR count). The molecule has 0 heterocycles. The van der Waals surface area contributed by atoms with E-state index in [-0.39, 0.29) is 5.41 Å². The minimum absolute atomic E-state index is 0.0804. The van der Waals surface area contributed by atoms with Gasteiger partial charge in [-0.3, -0.25) is 0 Å². The van der Waals surface area contributed by atoms with Crippen molar-refractivity contribution in [3.63, 3.8) is 0 Å². The molecule has 0 bridgehead atoms. The summed E-state index contributed by atoms with van der Waals surface area (Å²) < 4.78 is 0. The number of carboxylic acid groups (broad SMARTS) is 2. The highest BCUT2D eigenvalue weighted by atomic mass is 16.4. The highest BCUT2D eigenvalue weighted by Gasteiger charge is 2.13. The molecule has 140 valence electrons. The lowest BCUT2D eigenvalue weighted by molar-refractivity contribution is 0.0686. The third-order valence-electron chi connectivity index (χ3n) is 3.84. The minimum Gasteiger partial charge on any atom is -0.478 e. The molecule has 0 aliphatic carbocycles. The number of carbonyl (C=O) groups is 2. The van der Waals surface area contributed by atoms with E-state index in [9.17, 15) is 9.59 Å². The van der Waals surface area contributed by atoms with Gasteiger partial charge in [0.1, 0.15) is 0 Å². The summed E-state index contributed by atoms with van der Waals surface area (Å²) >= 11 is 0. The van der Waals surface area contributed by atoms with Gasteiger partial charge in [0.25, 0.3) is 0 Å². The monoisotopic (exact) mass is 356 g/mol. The zero-order valence-corrected chi connectivity index (χ0v) is 16.1. The first kappa shape index (κ1) is 21.4. The highest BCUT2D eigenvalue weighted by molar-refractivity contribution is 5.88. The van der Waals surface area contributed by atoms with Crippen LogP contribution in [0.15, 0.2) is 48.5 Å². The molecule has 0 saturated heterocycles. The molecule has 0 aliphatic heterocycles. The van der Waals surface area contributed by atoms with E-state index in [0.717, 1.165) is 12.0 Å². The number of hydrogen-bond donors (Lipinski definition) is 2. The SMILES string of the molecule is CC(C)(C)c1ccc(C(=O)O)cc1.CC(C)Cc1ccc(C(=O)O)cc1. The minimum atomic E-state index is -0.875. The van der Waals surface area contributed by atoms with Gasteiger partial charge in [0.05, 0.1) is 11.1 Å². The molecule has 0 aromatic heterocycles. The molecule has 4 heteroatoms. The van der Waals surface area contributed by atoms with Crippen LogP contribution in [0.25, 0.3) is 0 Å². The molecule has 0 spiro atoms. The van der Waals surface area contributed by atoms with Gasteiger partial charge in [0.2, 0.25) is 0 Å². The number of hydrogen-bond acceptors (Lipinski definition) is 2. The van der Waals surface area contributed by atoms with E-state index >= 15 is 0 Å². The summed E-state index contributed by atoms with van der Waals surface area (Å²) in [5.41, 5.74) is 3.12. The number of aromatic carboxylic acids is 2. The Morgan fingerprint density at radius 1 is 0.808 bits per heavy atom. The van der Waals surface area contributed by atoms with Crippen LogP contribution in [0.5, 0.6) is 0 Å². The predicted octanol–water partition coefficient (Wildman–Crippen LogP) is 5.27. The van der Waals surface area contributed by atoms with E-state index < -0.39 is 11.9 Å². The number of carboxylic acids is 2. The van der Waals surface area contributed by atoms with Crippen molar-refractivity contribution in [1.29, 1.82) is 0 Å². The average molecular weight is 356 g/mol. The summed E-state index contributed by atoms with van der Waals surface area (Å²) in [4.78, 5) is 21.1. The third-order valence-corrected chi connectivity index (χ3v) is 3.84. The van der Waals surface area contributed by atoms with Gasteiger partial charge >= 0.3 is 11.9 Å². The normalized spacial score (nSPS) is 10.8. The van der Waals surface area contributed by atoms with Gasteiger partial charge in [0, 0.05) is 0 Å². The second-order valence-corrected chi connectivity index (χ2v) is 7.73. The molecular formula is C22H28O4. The molecular weight excluding hydrogens is 328 g/mol. The molecule has 0 radical (unpaired) electrons. The summed E-state index contributed by atoms with van der Waals surface area (Å²) in [7, 11) is 0. The molecule has 2 aromatic carbocycles. The van der Waals surface area contributed by atoms with Gasteiger partial charge in [-0.15, -0.1) is 0 Å². The van der Waals surface area contributed by atoms with Crippen LogP contribution < -0.4 is 0 Å². The standard InChI is InChI=1S/2C11H14O2/c1-11(2,3)9-6-4-8(5-7-9)10(12)13;1-8(2)7-9-3-5-10(6-4-9)11(12)13/h4-7H,1-3H3,(H,12,13);3-6,8H,7H2,1-2H3,(H,12,13). The van der Waals surface area contributed by atoms with E-state index in [1.54, 1.807) is 24.3 Å². The lowest BCUT2D eigenvalue weighted by Gasteiger charge is -2.18. The summed E-state index contributed by atoms with van der Waals surface area (Å²) in [6, 6.07) is 14.1. The summed E-state index contributed by atoms with van der Waals surface area (Å²) in [5.74, 6) is -1.13. The Balaban J connectivity index is 0.000000260. The first-order valence-corrected chi connectivity index (χ1v) is 8.66. The maximum absolute atomic E-state index is 10.6. The zero-order valence-electron chi connectivity index (χ0n) is 16.1. The van der Waals surface area contributed by atoms with Crippen LogP contribution in [0.3, 0.4) is 0 Å². The third kappa shape index (κ3) is 7.09. The number of rotatable bonds is 4. The van der Waals surface area contributed by atoms with Crippen LogP contribution in [0.1, 0.15) is 66.5 Å². The van der Waals surface area contributed by atoms with Crippen molar-refractivity contribution < 1.29 is 19.8 Å². The maximum atomic E-state index is 10.6. The van der Waals surface area contributed by atoms with E-state index in [0.29, 0.717) is 17.0 Å². The molecule has 4 nitrogen and oxygen atoms in total. The van der Waals surface area contributed by atoms with Gasteiger partial charge in [-0.05, 0) is 53.1 Å². The van der Waals surface area contributed by atoms with Crippen molar-refractivity contribution >= 4 is 11.9 Å². The summed E-state index contributed by atoms with van der Waals surface area (Å²) in [6.45, 7) is 10.6. The molecule has 26 heavy (non-hydrogen) atoms. The Bertz CT molecular complexity index is 720. The molecule has 0 unspecified atom stereocenters. The first-order valence-electron chi connectivity index (χ1n) is 8.66. The van der Waals surface area contributed by atoms with E-state index in [2.05, 4.69) is 34.6 Å². The van der Waals surface area contributed by atoms with E-state index in [1.165, 1.54) is 5.56 Å². The lowest BCUT2D eigenvalue weighted by atomic mass is 9.87. The van der Waals surface area contributed by atoms with Crippen molar-refractivity contribution in [2.24, 2.45) is 5.92 Å². The summed E-state index contributed by atoms with van der Waals surface area (Å²) in [5, 5.41) is 17.3. The molecule has 0 fully saturated rings. The van der Waals surface area contributed by atoms with Crippen LogP contribution in [0.2, 0.25) is 0 Å². The smallest absolute Gasteiger partial charge is 0.335 e. The van der Waals surface area contributed by atoms with Crippen LogP contribution in [-0.4, -0.2) is 22.2 Å². The van der Waals surface area contributed by atoms with Crippen LogP contribution >= 0.6 is 0 Å². The van der Waals surface area contributed by atoms with Crippen molar-refractivity contribution in [3.8, 4) is 0 Å². The van der Waals surface area contributed by atoms with Gasteiger partial charge in [0.15, 0.2) is 0 Å².